The Morgan fingerprint density at radius 1 is 1.56 bits per heavy atom. The van der Waals surface area contributed by atoms with Crippen molar-refractivity contribution in [2.24, 2.45) is 5.73 Å². The Bertz CT molecular complexity index is 421. The first kappa shape index (κ1) is 14.4. The van der Waals surface area contributed by atoms with Crippen molar-refractivity contribution in [2.75, 3.05) is 0 Å². The van der Waals surface area contributed by atoms with E-state index in [2.05, 4.69) is 0 Å². The van der Waals surface area contributed by atoms with Gasteiger partial charge in [0.05, 0.1) is 0 Å². The first-order valence-corrected chi connectivity index (χ1v) is 5.90. The second-order valence-electron chi connectivity index (χ2n) is 4.20. The normalized spacial score (nSPS) is 14.0. The summed E-state index contributed by atoms with van der Waals surface area (Å²) in [6, 6.07) is 3.49. The molecule has 100 valence electrons. The maximum absolute atomic E-state index is 13.1. The van der Waals surface area contributed by atoms with Crippen molar-refractivity contribution >= 4 is 5.97 Å². The lowest BCUT2D eigenvalue weighted by Gasteiger charge is -2.18. The van der Waals surface area contributed by atoms with Crippen molar-refractivity contribution in [1.82, 2.24) is 0 Å². The highest BCUT2D eigenvalue weighted by molar-refractivity contribution is 5.72. The SMILES string of the molecule is CCCC(Oc1ccc(F)cc1[C@@H](C)N)C(=O)O. The van der Waals surface area contributed by atoms with Crippen molar-refractivity contribution in [3.05, 3.63) is 29.6 Å². The first-order chi connectivity index (χ1) is 8.45. The van der Waals surface area contributed by atoms with Crippen LogP contribution in [0.5, 0.6) is 5.75 Å². The Balaban J connectivity index is 2.98. The van der Waals surface area contributed by atoms with Gasteiger partial charge in [-0.1, -0.05) is 13.3 Å². The van der Waals surface area contributed by atoms with Crippen LogP contribution in [0.25, 0.3) is 0 Å². The smallest absolute Gasteiger partial charge is 0.344 e. The number of nitrogens with two attached hydrogens (primary N) is 1. The lowest BCUT2D eigenvalue weighted by atomic mass is 10.1. The van der Waals surface area contributed by atoms with Gasteiger partial charge in [-0.05, 0) is 31.5 Å². The van der Waals surface area contributed by atoms with Gasteiger partial charge in [-0.3, -0.25) is 0 Å². The van der Waals surface area contributed by atoms with Crippen LogP contribution >= 0.6 is 0 Å². The molecule has 1 unspecified atom stereocenters. The first-order valence-electron chi connectivity index (χ1n) is 5.90. The summed E-state index contributed by atoms with van der Waals surface area (Å²) in [5, 5.41) is 9.02. The summed E-state index contributed by atoms with van der Waals surface area (Å²) in [5.41, 5.74) is 6.18. The fourth-order valence-corrected chi connectivity index (χ4v) is 1.63. The third-order valence-electron chi connectivity index (χ3n) is 2.56. The summed E-state index contributed by atoms with van der Waals surface area (Å²) in [6.45, 7) is 3.56. The van der Waals surface area contributed by atoms with Crippen LogP contribution in [0, 0.1) is 5.82 Å². The minimum absolute atomic E-state index is 0.326. The Labute approximate surface area is 106 Å². The number of aliphatic carboxylic acids is 1. The van der Waals surface area contributed by atoms with E-state index in [0.717, 1.165) is 0 Å². The zero-order valence-corrected chi connectivity index (χ0v) is 10.5. The molecule has 1 aromatic carbocycles. The predicted molar refractivity (Wildman–Crippen MR) is 66.0 cm³/mol. The van der Waals surface area contributed by atoms with E-state index < -0.39 is 23.9 Å². The number of carbonyl (C=O) groups is 1. The van der Waals surface area contributed by atoms with Crippen molar-refractivity contribution in [2.45, 2.75) is 38.8 Å². The van der Waals surface area contributed by atoms with E-state index in [-0.39, 0.29) is 0 Å². The van der Waals surface area contributed by atoms with Gasteiger partial charge in [-0.25, -0.2) is 9.18 Å². The van der Waals surface area contributed by atoms with Gasteiger partial charge < -0.3 is 15.6 Å². The largest absolute Gasteiger partial charge is 0.479 e. The highest BCUT2D eigenvalue weighted by Gasteiger charge is 2.20. The van der Waals surface area contributed by atoms with Gasteiger partial charge in [0.25, 0.3) is 0 Å². The van der Waals surface area contributed by atoms with E-state index in [1.54, 1.807) is 6.92 Å². The topological polar surface area (TPSA) is 72.5 Å². The molecule has 0 aliphatic heterocycles. The molecule has 1 aromatic rings. The molecular weight excluding hydrogens is 237 g/mol. The molecule has 0 aliphatic carbocycles. The summed E-state index contributed by atoms with van der Waals surface area (Å²) in [6.07, 6.45) is 0.148. The molecule has 0 aliphatic rings. The van der Waals surface area contributed by atoms with Crippen molar-refractivity contribution in [3.8, 4) is 5.75 Å². The maximum Gasteiger partial charge on any atom is 0.344 e. The Kier molecular flexibility index (Phi) is 5.09. The number of benzene rings is 1. The van der Waals surface area contributed by atoms with Crippen LogP contribution in [0.2, 0.25) is 0 Å². The molecule has 0 aromatic heterocycles. The van der Waals surface area contributed by atoms with Crippen LogP contribution in [0.4, 0.5) is 4.39 Å². The predicted octanol–water partition coefficient (Wildman–Crippen LogP) is 2.48. The zero-order valence-electron chi connectivity index (χ0n) is 10.5. The quantitative estimate of drug-likeness (QED) is 0.819. The molecule has 4 nitrogen and oxygen atoms in total. The van der Waals surface area contributed by atoms with Gasteiger partial charge in [-0.15, -0.1) is 0 Å². The molecule has 0 amide bonds. The van der Waals surface area contributed by atoms with E-state index in [4.69, 9.17) is 15.6 Å². The Morgan fingerprint density at radius 2 is 2.22 bits per heavy atom. The third-order valence-corrected chi connectivity index (χ3v) is 2.56. The van der Waals surface area contributed by atoms with Crippen LogP contribution in [0.3, 0.4) is 0 Å². The number of carboxylic acid groups (broad SMARTS) is 1. The number of rotatable bonds is 6. The molecule has 0 spiro atoms. The number of hydrogen-bond donors (Lipinski definition) is 2. The molecule has 1 rings (SSSR count). The summed E-state index contributed by atoms with van der Waals surface area (Å²) < 4.78 is 18.5. The van der Waals surface area contributed by atoms with E-state index in [0.29, 0.717) is 24.2 Å². The summed E-state index contributed by atoms with van der Waals surface area (Å²) in [7, 11) is 0. The molecule has 0 bridgehead atoms. The van der Waals surface area contributed by atoms with Crippen LogP contribution < -0.4 is 10.5 Å². The minimum atomic E-state index is -1.03. The fourth-order valence-electron chi connectivity index (χ4n) is 1.63. The van der Waals surface area contributed by atoms with Crippen LogP contribution in [-0.2, 0) is 4.79 Å². The second-order valence-corrected chi connectivity index (χ2v) is 4.20. The molecule has 18 heavy (non-hydrogen) atoms. The van der Waals surface area contributed by atoms with E-state index in [9.17, 15) is 9.18 Å². The van der Waals surface area contributed by atoms with E-state index >= 15 is 0 Å². The van der Waals surface area contributed by atoms with Crippen LogP contribution in [0.1, 0.15) is 38.3 Å². The molecule has 0 radical (unpaired) electrons. The maximum atomic E-state index is 13.1. The van der Waals surface area contributed by atoms with E-state index in [1.165, 1.54) is 18.2 Å². The number of halogens is 1. The van der Waals surface area contributed by atoms with Gasteiger partial charge in [0.2, 0.25) is 0 Å². The number of ether oxygens (including phenoxy) is 1. The summed E-state index contributed by atoms with van der Waals surface area (Å²) in [5.74, 6) is -1.12. The summed E-state index contributed by atoms with van der Waals surface area (Å²) >= 11 is 0. The molecule has 0 saturated heterocycles. The van der Waals surface area contributed by atoms with E-state index in [1.807, 2.05) is 6.92 Å². The van der Waals surface area contributed by atoms with Gasteiger partial charge in [0, 0.05) is 11.6 Å². The Morgan fingerprint density at radius 3 is 2.72 bits per heavy atom. The second kappa shape index (κ2) is 6.35. The standard InChI is InChI=1S/C13H18FNO3/c1-3-4-12(13(16)17)18-11-6-5-9(14)7-10(11)8(2)15/h5-8,12H,3-4,15H2,1-2H3,(H,16,17)/t8-,12?/m1/s1. The molecule has 3 N–H and O–H groups in total. The molecular formula is C13H18FNO3. The summed E-state index contributed by atoms with van der Waals surface area (Å²) in [4.78, 5) is 11.0. The van der Waals surface area contributed by atoms with Crippen molar-refractivity contribution < 1.29 is 19.0 Å². The fraction of sp³-hybridized carbons (Fsp3) is 0.462. The van der Waals surface area contributed by atoms with Crippen molar-refractivity contribution in [1.29, 1.82) is 0 Å². The highest BCUT2D eigenvalue weighted by Crippen LogP contribution is 2.26. The lowest BCUT2D eigenvalue weighted by molar-refractivity contribution is -0.145. The molecule has 5 heteroatoms. The molecule has 2 atom stereocenters. The monoisotopic (exact) mass is 255 g/mol. The average molecular weight is 255 g/mol. The Hall–Kier alpha value is -1.62. The number of carboxylic acids is 1. The van der Waals surface area contributed by atoms with Gasteiger partial charge in [0.15, 0.2) is 6.10 Å². The van der Waals surface area contributed by atoms with Crippen LogP contribution in [0.15, 0.2) is 18.2 Å². The van der Waals surface area contributed by atoms with Gasteiger partial charge >= 0.3 is 5.97 Å². The number of hydrogen-bond acceptors (Lipinski definition) is 3. The zero-order chi connectivity index (χ0) is 13.7. The minimum Gasteiger partial charge on any atom is -0.479 e. The molecule has 0 saturated carbocycles. The molecule has 0 fully saturated rings. The lowest BCUT2D eigenvalue weighted by Crippen LogP contribution is -2.27. The van der Waals surface area contributed by atoms with Gasteiger partial charge in [0.1, 0.15) is 11.6 Å². The average Bonchev–Trinajstić information content (AvgIpc) is 2.30. The highest BCUT2D eigenvalue weighted by atomic mass is 19.1. The van der Waals surface area contributed by atoms with Gasteiger partial charge in [-0.2, -0.15) is 0 Å². The third kappa shape index (κ3) is 3.70. The van der Waals surface area contributed by atoms with Crippen LogP contribution in [-0.4, -0.2) is 17.2 Å². The molecule has 0 heterocycles. The van der Waals surface area contributed by atoms with Crippen molar-refractivity contribution in [3.63, 3.8) is 0 Å².